The molecule has 0 bridgehead atoms. The van der Waals surface area contributed by atoms with Crippen molar-refractivity contribution in [1.82, 2.24) is 0 Å². The van der Waals surface area contributed by atoms with Crippen LogP contribution in [0.25, 0.3) is 0 Å². The quantitative estimate of drug-likeness (QED) is 0.283. The Morgan fingerprint density at radius 1 is 0.943 bits per heavy atom. The Labute approximate surface area is 219 Å². The summed E-state index contributed by atoms with van der Waals surface area (Å²) in [5.74, 6) is -4.11. The number of hydrogen-bond acceptors (Lipinski definition) is 3. The smallest absolute Gasteiger partial charge is 0.255 e. The van der Waals surface area contributed by atoms with Gasteiger partial charge in [-0.15, -0.1) is 23.2 Å². The van der Waals surface area contributed by atoms with Crippen LogP contribution < -0.4 is 16.0 Å². The summed E-state index contributed by atoms with van der Waals surface area (Å²) in [6, 6.07) is 13.1. The van der Waals surface area contributed by atoms with Crippen molar-refractivity contribution in [2.24, 2.45) is 5.92 Å². The van der Waals surface area contributed by atoms with Crippen molar-refractivity contribution in [3.05, 3.63) is 87.4 Å². The summed E-state index contributed by atoms with van der Waals surface area (Å²) in [7, 11) is 1.36. The molecule has 0 saturated heterocycles. The maximum atomic E-state index is 14.4. The molecule has 1 aliphatic rings. The Morgan fingerprint density at radius 2 is 1.69 bits per heavy atom. The van der Waals surface area contributed by atoms with Gasteiger partial charge < -0.3 is 16.0 Å². The van der Waals surface area contributed by atoms with Gasteiger partial charge in [0.05, 0.1) is 21.7 Å². The molecule has 35 heavy (non-hydrogen) atoms. The number of amides is 2. The first-order chi connectivity index (χ1) is 16.5. The summed E-state index contributed by atoms with van der Waals surface area (Å²) in [6.07, 6.45) is 0. The Balaban J connectivity index is 1.48. The van der Waals surface area contributed by atoms with E-state index in [9.17, 15) is 18.4 Å². The lowest BCUT2D eigenvalue weighted by Gasteiger charge is -2.11. The molecule has 0 aliphatic heterocycles. The topological polar surface area (TPSA) is 70.2 Å². The molecule has 1 fully saturated rings. The molecule has 1 aliphatic carbocycles. The van der Waals surface area contributed by atoms with E-state index in [-0.39, 0.29) is 16.9 Å². The number of halogens is 6. The van der Waals surface area contributed by atoms with Crippen molar-refractivity contribution in [2.45, 2.75) is 10.3 Å². The zero-order valence-corrected chi connectivity index (χ0v) is 21.0. The number of rotatable bonds is 6. The third-order valence-electron chi connectivity index (χ3n) is 5.62. The Bertz CT molecular complexity index is 1340. The van der Waals surface area contributed by atoms with Crippen LogP contribution in [0, 0.1) is 17.6 Å². The maximum absolute atomic E-state index is 14.4. The predicted molar refractivity (Wildman–Crippen MR) is 136 cm³/mol. The largest absolute Gasteiger partial charge is 0.383 e. The molecule has 1 saturated carbocycles. The van der Waals surface area contributed by atoms with E-state index in [0.29, 0.717) is 21.3 Å². The molecular formula is C24H17Cl4F2N3O2. The van der Waals surface area contributed by atoms with Crippen LogP contribution >= 0.6 is 46.4 Å². The van der Waals surface area contributed by atoms with Gasteiger partial charge in [-0.3, -0.25) is 9.59 Å². The second-order valence-corrected chi connectivity index (χ2v) is 10.1. The van der Waals surface area contributed by atoms with Crippen molar-refractivity contribution in [3.8, 4) is 0 Å². The molecule has 3 aromatic rings. The molecule has 2 atom stereocenters. The fourth-order valence-corrected chi connectivity index (χ4v) is 4.94. The van der Waals surface area contributed by atoms with E-state index in [4.69, 9.17) is 46.4 Å². The van der Waals surface area contributed by atoms with E-state index < -0.39 is 39.6 Å². The molecule has 2 amide bonds. The van der Waals surface area contributed by atoms with Crippen molar-refractivity contribution >= 4 is 75.3 Å². The van der Waals surface area contributed by atoms with Gasteiger partial charge in [0.25, 0.3) is 5.91 Å². The van der Waals surface area contributed by atoms with Gasteiger partial charge in [0.1, 0.15) is 15.8 Å². The summed E-state index contributed by atoms with van der Waals surface area (Å²) in [5, 5.41) is 8.19. The Morgan fingerprint density at radius 3 is 2.37 bits per heavy atom. The highest BCUT2D eigenvalue weighted by Gasteiger charge is 2.67. The van der Waals surface area contributed by atoms with E-state index in [2.05, 4.69) is 16.0 Å². The fourth-order valence-electron chi connectivity index (χ4n) is 3.80. The van der Waals surface area contributed by atoms with Gasteiger partial charge >= 0.3 is 0 Å². The van der Waals surface area contributed by atoms with Gasteiger partial charge in [0.2, 0.25) is 5.91 Å². The minimum Gasteiger partial charge on any atom is -0.383 e. The standard InChI is InChI=1S/C24H17Cl4F2N3O2/c1-31-21-16(29)7-8-17(20(21)30)33-22(34)12-3-2-4-13(9-12)32-23(35)19-18(24(19,27)28)11-5-6-14(25)15(26)10-11/h2-10,18-19,31H,1H3,(H,32,35)(H,33,34)/t18-,19+/m0/s1. The summed E-state index contributed by atoms with van der Waals surface area (Å²) < 4.78 is 26.8. The highest BCUT2D eigenvalue weighted by Crippen LogP contribution is 2.65. The lowest BCUT2D eigenvalue weighted by molar-refractivity contribution is -0.117. The van der Waals surface area contributed by atoms with Crippen molar-refractivity contribution in [2.75, 3.05) is 23.0 Å². The lowest BCUT2D eigenvalue weighted by atomic mass is 10.1. The number of hydrogen-bond donors (Lipinski definition) is 3. The summed E-state index contributed by atoms with van der Waals surface area (Å²) >= 11 is 24.8. The average Bonchev–Trinajstić information content (AvgIpc) is 3.40. The van der Waals surface area contributed by atoms with Gasteiger partial charge in [-0.1, -0.05) is 35.3 Å². The third kappa shape index (κ3) is 5.05. The molecule has 0 heterocycles. The lowest BCUT2D eigenvalue weighted by Crippen LogP contribution is -2.18. The first-order valence-electron chi connectivity index (χ1n) is 10.3. The zero-order valence-electron chi connectivity index (χ0n) is 17.9. The summed E-state index contributed by atoms with van der Waals surface area (Å²) in [4.78, 5) is 25.6. The number of benzene rings is 3. The number of anilines is 3. The minimum absolute atomic E-state index is 0.136. The first-order valence-corrected chi connectivity index (χ1v) is 11.8. The summed E-state index contributed by atoms with van der Waals surface area (Å²) in [6.45, 7) is 0. The van der Waals surface area contributed by atoms with Crippen molar-refractivity contribution in [1.29, 1.82) is 0 Å². The van der Waals surface area contributed by atoms with Gasteiger partial charge in [-0.25, -0.2) is 8.78 Å². The van der Waals surface area contributed by atoms with E-state index in [0.717, 1.165) is 12.1 Å². The van der Waals surface area contributed by atoms with Crippen LogP contribution in [0.3, 0.4) is 0 Å². The van der Waals surface area contributed by atoms with Crippen molar-refractivity contribution in [3.63, 3.8) is 0 Å². The molecule has 0 spiro atoms. The molecule has 0 radical (unpaired) electrons. The maximum Gasteiger partial charge on any atom is 0.255 e. The monoisotopic (exact) mass is 557 g/mol. The molecular weight excluding hydrogens is 542 g/mol. The van der Waals surface area contributed by atoms with Crippen LogP contribution in [0.2, 0.25) is 10.0 Å². The molecule has 182 valence electrons. The number of alkyl halides is 2. The second-order valence-electron chi connectivity index (χ2n) is 7.86. The fraction of sp³-hybridized carbons (Fsp3) is 0.167. The zero-order chi connectivity index (χ0) is 25.5. The number of carbonyl (C=O) groups is 2. The van der Waals surface area contributed by atoms with Crippen LogP contribution in [0.5, 0.6) is 0 Å². The molecule has 0 unspecified atom stereocenters. The van der Waals surface area contributed by atoms with Gasteiger partial charge in [-0.05, 0) is 48.0 Å². The Hall–Kier alpha value is -2.58. The third-order valence-corrected chi connectivity index (χ3v) is 7.30. The SMILES string of the molecule is CNc1c(F)ccc(NC(=O)c2cccc(NC(=O)[C@H]3[C@H](c4ccc(Cl)c(Cl)c4)C3(Cl)Cl)c2)c1F. The van der Waals surface area contributed by atoms with Crippen LogP contribution in [-0.4, -0.2) is 23.2 Å². The van der Waals surface area contributed by atoms with E-state index in [1.165, 1.54) is 19.2 Å². The summed E-state index contributed by atoms with van der Waals surface area (Å²) in [5.41, 5.74) is 0.543. The van der Waals surface area contributed by atoms with Gasteiger partial charge in [0.15, 0.2) is 5.82 Å². The number of carbonyl (C=O) groups excluding carboxylic acids is 2. The first kappa shape index (κ1) is 25.5. The van der Waals surface area contributed by atoms with E-state index >= 15 is 0 Å². The highest BCUT2D eigenvalue weighted by molar-refractivity contribution is 6.53. The highest BCUT2D eigenvalue weighted by atomic mass is 35.5. The average molecular weight is 559 g/mol. The minimum atomic E-state index is -1.35. The predicted octanol–water partition coefficient (Wildman–Crippen LogP) is 7.09. The van der Waals surface area contributed by atoms with Crippen LogP contribution in [0.15, 0.2) is 54.6 Å². The second kappa shape index (κ2) is 9.82. The normalized spacial score (nSPS) is 18.0. The van der Waals surface area contributed by atoms with Crippen molar-refractivity contribution < 1.29 is 18.4 Å². The molecule has 4 rings (SSSR count). The van der Waals surface area contributed by atoms with Crippen LogP contribution in [0.4, 0.5) is 25.8 Å². The molecule has 0 aromatic heterocycles. The van der Waals surface area contributed by atoms with Gasteiger partial charge in [0, 0.05) is 24.2 Å². The number of nitrogens with one attached hydrogen (secondary N) is 3. The molecule has 11 heteroatoms. The van der Waals surface area contributed by atoms with Crippen LogP contribution in [-0.2, 0) is 4.79 Å². The van der Waals surface area contributed by atoms with Crippen LogP contribution in [0.1, 0.15) is 21.8 Å². The van der Waals surface area contributed by atoms with Gasteiger partial charge in [-0.2, -0.15) is 0 Å². The van der Waals surface area contributed by atoms with E-state index in [1.54, 1.807) is 30.3 Å². The molecule has 3 N–H and O–H groups in total. The molecule has 3 aromatic carbocycles. The molecule has 5 nitrogen and oxygen atoms in total. The Kier molecular flexibility index (Phi) is 7.16. The van der Waals surface area contributed by atoms with E-state index in [1.807, 2.05) is 0 Å².